The van der Waals surface area contributed by atoms with E-state index >= 15 is 0 Å². The lowest BCUT2D eigenvalue weighted by molar-refractivity contribution is 0.0695. The lowest BCUT2D eigenvalue weighted by Crippen LogP contribution is -2.24. The molecule has 0 saturated carbocycles. The van der Waals surface area contributed by atoms with Crippen LogP contribution in [-0.2, 0) is 13.6 Å². The number of carbonyl (C=O) groups is 1. The number of nitrogens with one attached hydrogen (secondary N) is 1. The zero-order valence-corrected chi connectivity index (χ0v) is 10.7. The number of hydrogen-bond acceptors (Lipinski definition) is 4. The van der Waals surface area contributed by atoms with Crippen LogP contribution in [0.1, 0.15) is 28.9 Å². The molecular weight excluding hydrogens is 238 g/mol. The van der Waals surface area contributed by atoms with Crippen LogP contribution in [0, 0.1) is 0 Å². The van der Waals surface area contributed by atoms with Crippen LogP contribution >= 0.6 is 11.8 Å². The Hall–Kier alpha value is -1.01. The van der Waals surface area contributed by atoms with Crippen molar-refractivity contribution in [3.63, 3.8) is 0 Å². The normalized spacial score (nSPS) is 19.7. The first-order valence-electron chi connectivity index (χ1n) is 5.75. The highest BCUT2D eigenvalue weighted by Gasteiger charge is 2.17. The van der Waals surface area contributed by atoms with E-state index in [0.29, 0.717) is 17.4 Å². The molecule has 94 valence electrons. The molecule has 0 amide bonds. The summed E-state index contributed by atoms with van der Waals surface area (Å²) in [7, 11) is 1.77. The Kier molecular flexibility index (Phi) is 4.06. The van der Waals surface area contributed by atoms with E-state index in [-0.39, 0.29) is 0 Å². The maximum Gasteiger partial charge on any atom is 0.339 e. The van der Waals surface area contributed by atoms with E-state index < -0.39 is 5.97 Å². The van der Waals surface area contributed by atoms with Gasteiger partial charge in [0.2, 0.25) is 0 Å². The number of aromatic nitrogens is 2. The molecule has 1 aromatic rings. The largest absolute Gasteiger partial charge is 0.478 e. The monoisotopic (exact) mass is 255 g/mol. The van der Waals surface area contributed by atoms with E-state index in [1.54, 1.807) is 11.7 Å². The summed E-state index contributed by atoms with van der Waals surface area (Å²) in [6.07, 6.45) is 3.96. The fraction of sp³-hybridized carbons (Fsp3) is 0.636. The quantitative estimate of drug-likeness (QED) is 0.825. The van der Waals surface area contributed by atoms with Gasteiger partial charge in [-0.3, -0.25) is 4.68 Å². The smallest absolute Gasteiger partial charge is 0.339 e. The van der Waals surface area contributed by atoms with E-state index in [1.807, 2.05) is 11.8 Å². The van der Waals surface area contributed by atoms with Crippen LogP contribution in [0.4, 0.5) is 0 Å². The molecule has 0 radical (unpaired) electrons. The summed E-state index contributed by atoms with van der Waals surface area (Å²) in [6, 6.07) is 0. The maximum absolute atomic E-state index is 11.0. The molecule has 1 unspecified atom stereocenters. The second-order valence-electron chi connectivity index (χ2n) is 4.20. The third kappa shape index (κ3) is 3.01. The van der Waals surface area contributed by atoms with Gasteiger partial charge in [0.25, 0.3) is 0 Å². The van der Waals surface area contributed by atoms with Gasteiger partial charge in [-0.2, -0.15) is 16.9 Å². The zero-order chi connectivity index (χ0) is 12.3. The first-order valence-corrected chi connectivity index (χ1v) is 6.80. The van der Waals surface area contributed by atoms with Gasteiger partial charge in [0.15, 0.2) is 0 Å². The summed E-state index contributed by atoms with van der Waals surface area (Å²) >= 11 is 1.99. The molecule has 5 nitrogen and oxygen atoms in total. The topological polar surface area (TPSA) is 67.2 Å². The molecule has 1 aromatic heterocycles. The molecule has 0 aromatic carbocycles. The minimum absolute atomic E-state index is 0.291. The number of hydrogen-bond donors (Lipinski definition) is 2. The first-order chi connectivity index (χ1) is 8.18. The predicted molar refractivity (Wildman–Crippen MR) is 67.4 cm³/mol. The Labute approximate surface area is 105 Å². The molecule has 0 aliphatic carbocycles. The number of rotatable bonds is 5. The zero-order valence-electron chi connectivity index (χ0n) is 9.85. The summed E-state index contributed by atoms with van der Waals surface area (Å²) in [5.41, 5.74) is 1.03. The third-order valence-electron chi connectivity index (χ3n) is 2.98. The molecule has 17 heavy (non-hydrogen) atoms. The van der Waals surface area contributed by atoms with Crippen LogP contribution in [0.15, 0.2) is 6.20 Å². The van der Waals surface area contributed by atoms with Crippen molar-refractivity contribution in [2.75, 3.05) is 12.3 Å². The van der Waals surface area contributed by atoms with Gasteiger partial charge in [0.05, 0.1) is 11.9 Å². The number of aromatic carboxylic acids is 1. The summed E-state index contributed by atoms with van der Waals surface area (Å²) in [6.45, 7) is 1.50. The van der Waals surface area contributed by atoms with Gasteiger partial charge in [-0.05, 0) is 18.6 Å². The van der Waals surface area contributed by atoms with Crippen molar-refractivity contribution in [1.29, 1.82) is 0 Å². The molecule has 1 atom stereocenters. The number of carboxylic acid groups (broad SMARTS) is 1. The number of aryl methyl sites for hydroxylation is 1. The minimum atomic E-state index is -0.912. The van der Waals surface area contributed by atoms with Crippen LogP contribution in [0.5, 0.6) is 0 Å². The lowest BCUT2D eigenvalue weighted by atomic mass is 10.2. The van der Waals surface area contributed by atoms with Gasteiger partial charge >= 0.3 is 5.97 Å². The van der Waals surface area contributed by atoms with Crippen LogP contribution in [-0.4, -0.2) is 38.4 Å². The standard InChI is InChI=1S/C11H17N3O2S/c1-14-10(9(6-13-14)11(15)16)7-12-5-8-3-2-4-17-8/h6,8,12H,2-5,7H2,1H3,(H,15,16). The summed E-state index contributed by atoms with van der Waals surface area (Å²) < 4.78 is 1.62. The van der Waals surface area contributed by atoms with Gasteiger partial charge < -0.3 is 10.4 Å². The highest BCUT2D eigenvalue weighted by atomic mass is 32.2. The molecule has 1 aliphatic heterocycles. The van der Waals surface area contributed by atoms with Crippen molar-refractivity contribution in [1.82, 2.24) is 15.1 Å². The highest BCUT2D eigenvalue weighted by Crippen LogP contribution is 2.25. The molecular formula is C11H17N3O2S. The summed E-state index contributed by atoms with van der Waals surface area (Å²) in [5, 5.41) is 17.0. The Bertz CT molecular complexity index is 399. The number of carboxylic acids is 1. The Morgan fingerprint density at radius 3 is 3.24 bits per heavy atom. The van der Waals surface area contributed by atoms with E-state index in [1.165, 1.54) is 24.8 Å². The van der Waals surface area contributed by atoms with Crippen LogP contribution in [0.2, 0.25) is 0 Å². The fourth-order valence-corrected chi connectivity index (χ4v) is 3.24. The highest BCUT2D eigenvalue weighted by molar-refractivity contribution is 8.00. The van der Waals surface area contributed by atoms with Crippen LogP contribution in [0.25, 0.3) is 0 Å². The summed E-state index contributed by atoms with van der Waals surface area (Å²) in [4.78, 5) is 11.0. The van der Waals surface area contributed by atoms with Gasteiger partial charge in [0, 0.05) is 25.4 Å². The van der Waals surface area contributed by atoms with Gasteiger partial charge in [-0.25, -0.2) is 4.79 Å². The second-order valence-corrected chi connectivity index (χ2v) is 5.61. The molecule has 1 fully saturated rings. The number of thioether (sulfide) groups is 1. The molecule has 2 rings (SSSR count). The van der Waals surface area contributed by atoms with Crippen molar-refractivity contribution in [2.45, 2.75) is 24.6 Å². The molecule has 1 aliphatic rings. The first kappa shape index (κ1) is 12.4. The van der Waals surface area contributed by atoms with E-state index in [0.717, 1.165) is 12.2 Å². The molecule has 0 bridgehead atoms. The fourth-order valence-electron chi connectivity index (χ4n) is 2.01. The molecule has 2 heterocycles. The van der Waals surface area contributed by atoms with Crippen molar-refractivity contribution in [3.05, 3.63) is 17.5 Å². The minimum Gasteiger partial charge on any atom is -0.478 e. The summed E-state index contributed by atoms with van der Waals surface area (Å²) in [5.74, 6) is 0.337. The average Bonchev–Trinajstić information content (AvgIpc) is 2.89. The van der Waals surface area contributed by atoms with E-state index in [2.05, 4.69) is 10.4 Å². The van der Waals surface area contributed by atoms with Crippen molar-refractivity contribution in [3.8, 4) is 0 Å². The molecule has 1 saturated heterocycles. The van der Waals surface area contributed by atoms with E-state index in [9.17, 15) is 4.79 Å². The SMILES string of the molecule is Cn1ncc(C(=O)O)c1CNCC1CCCS1. The molecule has 0 spiro atoms. The molecule has 6 heteroatoms. The lowest BCUT2D eigenvalue weighted by Gasteiger charge is -2.10. The third-order valence-corrected chi connectivity index (χ3v) is 4.38. The maximum atomic E-state index is 11.0. The van der Waals surface area contributed by atoms with Gasteiger partial charge in [-0.15, -0.1) is 0 Å². The Morgan fingerprint density at radius 2 is 2.59 bits per heavy atom. The Balaban J connectivity index is 1.89. The van der Waals surface area contributed by atoms with Crippen molar-refractivity contribution < 1.29 is 9.90 Å². The molecule has 2 N–H and O–H groups in total. The van der Waals surface area contributed by atoms with Gasteiger partial charge in [0.1, 0.15) is 5.56 Å². The van der Waals surface area contributed by atoms with Crippen molar-refractivity contribution >= 4 is 17.7 Å². The number of nitrogens with zero attached hydrogens (tertiary/aromatic N) is 2. The predicted octanol–water partition coefficient (Wildman–Crippen LogP) is 1.10. The van der Waals surface area contributed by atoms with E-state index in [4.69, 9.17) is 5.11 Å². The second kappa shape index (κ2) is 5.55. The van der Waals surface area contributed by atoms with Crippen molar-refractivity contribution in [2.24, 2.45) is 7.05 Å². The van der Waals surface area contributed by atoms with Crippen LogP contribution < -0.4 is 5.32 Å². The Morgan fingerprint density at radius 1 is 1.76 bits per heavy atom. The van der Waals surface area contributed by atoms with Crippen LogP contribution in [0.3, 0.4) is 0 Å². The average molecular weight is 255 g/mol. The van der Waals surface area contributed by atoms with Gasteiger partial charge in [-0.1, -0.05) is 0 Å².